The Morgan fingerprint density at radius 3 is 2.52 bits per heavy atom. The number of benzene rings is 1. The number of amides is 4. The quantitative estimate of drug-likeness (QED) is 0.599. The highest BCUT2D eigenvalue weighted by Gasteiger charge is 2.44. The van der Waals surface area contributed by atoms with Crippen LogP contribution >= 0.6 is 0 Å². The fourth-order valence-electron chi connectivity index (χ4n) is 2.65. The van der Waals surface area contributed by atoms with Gasteiger partial charge >= 0.3 is 0 Å². The maximum atomic E-state index is 12.4. The van der Waals surface area contributed by atoms with Crippen molar-refractivity contribution in [3.8, 4) is 0 Å². The first-order chi connectivity index (χ1) is 10.0. The Bertz CT molecular complexity index is 686. The Kier molecular flexibility index (Phi) is 3.12. The van der Waals surface area contributed by atoms with E-state index in [0.29, 0.717) is 0 Å². The number of piperidine rings is 1. The molecule has 6 nitrogen and oxygen atoms in total. The number of hydrogen-bond acceptors (Lipinski definition) is 4. The van der Waals surface area contributed by atoms with Crippen LogP contribution in [0.2, 0.25) is 0 Å². The molecule has 2 radical (unpaired) electrons. The van der Waals surface area contributed by atoms with Crippen molar-refractivity contribution in [2.45, 2.75) is 25.2 Å². The topological polar surface area (TPSA) is 83.6 Å². The van der Waals surface area contributed by atoms with Gasteiger partial charge in [-0.2, -0.15) is 0 Å². The van der Waals surface area contributed by atoms with E-state index >= 15 is 0 Å². The van der Waals surface area contributed by atoms with Crippen LogP contribution in [0.25, 0.3) is 0 Å². The number of imide groups is 2. The summed E-state index contributed by atoms with van der Waals surface area (Å²) in [5.41, 5.74) is 1.26. The Hall–Kier alpha value is -2.44. The molecule has 1 atom stereocenters. The van der Waals surface area contributed by atoms with Gasteiger partial charge in [-0.3, -0.25) is 29.4 Å². The van der Waals surface area contributed by atoms with Crippen LogP contribution in [0, 0.1) is 0 Å². The van der Waals surface area contributed by atoms with Crippen molar-refractivity contribution < 1.29 is 19.2 Å². The molecule has 0 aliphatic carbocycles. The van der Waals surface area contributed by atoms with Crippen molar-refractivity contribution in [3.05, 3.63) is 34.9 Å². The second-order valence-electron chi connectivity index (χ2n) is 5.03. The van der Waals surface area contributed by atoms with Gasteiger partial charge in [0.25, 0.3) is 11.8 Å². The molecule has 4 amide bonds. The van der Waals surface area contributed by atoms with E-state index in [1.54, 1.807) is 18.2 Å². The second-order valence-corrected chi connectivity index (χ2v) is 5.03. The third kappa shape index (κ3) is 2.05. The molecule has 1 unspecified atom stereocenters. The molecule has 3 rings (SSSR count). The SMILES string of the molecule is [B]Cc1ccc2c(c1)C(=O)N(C1CCC(=O)NC1=O)C2=O. The van der Waals surface area contributed by atoms with Crippen molar-refractivity contribution in [1.29, 1.82) is 0 Å². The summed E-state index contributed by atoms with van der Waals surface area (Å²) in [5.74, 6) is -2.02. The zero-order chi connectivity index (χ0) is 15.1. The zero-order valence-corrected chi connectivity index (χ0v) is 11.1. The molecule has 0 aromatic heterocycles. The molecule has 21 heavy (non-hydrogen) atoms. The first-order valence-corrected chi connectivity index (χ1v) is 6.57. The maximum absolute atomic E-state index is 12.4. The molecule has 104 valence electrons. The highest BCUT2D eigenvalue weighted by molar-refractivity contribution is 6.23. The van der Waals surface area contributed by atoms with Gasteiger partial charge in [0.15, 0.2) is 0 Å². The van der Waals surface area contributed by atoms with Crippen LogP contribution in [-0.4, -0.2) is 42.4 Å². The van der Waals surface area contributed by atoms with Crippen molar-refractivity contribution in [2.75, 3.05) is 0 Å². The molecule has 1 saturated heterocycles. The van der Waals surface area contributed by atoms with E-state index < -0.39 is 29.7 Å². The molecule has 0 spiro atoms. The normalized spacial score (nSPS) is 21.5. The van der Waals surface area contributed by atoms with E-state index in [9.17, 15) is 19.2 Å². The molecule has 2 aliphatic heterocycles. The van der Waals surface area contributed by atoms with Gasteiger partial charge in [-0.25, -0.2) is 0 Å². The summed E-state index contributed by atoms with van der Waals surface area (Å²) in [6.45, 7) is 0. The molecule has 0 bridgehead atoms. The average molecular weight is 282 g/mol. The minimum absolute atomic E-state index is 0.109. The lowest BCUT2D eigenvalue weighted by Crippen LogP contribution is -2.54. The van der Waals surface area contributed by atoms with E-state index in [4.69, 9.17) is 7.85 Å². The fraction of sp³-hybridized carbons (Fsp3) is 0.286. The minimum Gasteiger partial charge on any atom is -0.295 e. The Labute approximate surface area is 121 Å². The molecule has 2 aliphatic rings. The molecule has 1 aromatic carbocycles. The summed E-state index contributed by atoms with van der Waals surface area (Å²) in [6.07, 6.45) is 0.519. The molecule has 1 aromatic rings. The first-order valence-electron chi connectivity index (χ1n) is 6.57. The Morgan fingerprint density at radius 1 is 1.14 bits per heavy atom. The Balaban J connectivity index is 1.96. The monoisotopic (exact) mass is 282 g/mol. The number of nitrogens with zero attached hydrogens (tertiary/aromatic N) is 1. The van der Waals surface area contributed by atoms with Gasteiger partial charge in [0.1, 0.15) is 6.04 Å². The van der Waals surface area contributed by atoms with E-state index in [0.717, 1.165) is 10.5 Å². The molecule has 0 saturated carbocycles. The van der Waals surface area contributed by atoms with Crippen LogP contribution in [0.3, 0.4) is 0 Å². The second kappa shape index (κ2) is 4.84. The number of nitrogens with one attached hydrogen (secondary N) is 1. The molecule has 1 fully saturated rings. The van der Waals surface area contributed by atoms with Crippen molar-refractivity contribution in [3.63, 3.8) is 0 Å². The first kappa shape index (κ1) is 13.5. The van der Waals surface area contributed by atoms with Crippen LogP contribution in [0.15, 0.2) is 18.2 Å². The molecule has 7 heteroatoms. The van der Waals surface area contributed by atoms with Crippen LogP contribution in [-0.2, 0) is 15.9 Å². The molecular formula is C14H11BN2O4. The number of hydrogen-bond donors (Lipinski definition) is 1. The summed E-state index contributed by atoms with van der Waals surface area (Å²) >= 11 is 0. The summed E-state index contributed by atoms with van der Waals surface area (Å²) in [7, 11) is 5.53. The summed E-state index contributed by atoms with van der Waals surface area (Å²) < 4.78 is 0. The van der Waals surface area contributed by atoms with Gasteiger partial charge in [0, 0.05) is 6.42 Å². The third-order valence-corrected chi connectivity index (χ3v) is 3.74. The van der Waals surface area contributed by atoms with Crippen LogP contribution in [0.4, 0.5) is 0 Å². The van der Waals surface area contributed by atoms with Crippen LogP contribution in [0.5, 0.6) is 0 Å². The van der Waals surface area contributed by atoms with Gasteiger partial charge in [-0.15, -0.1) is 0 Å². The largest absolute Gasteiger partial charge is 0.295 e. The molecular weight excluding hydrogens is 271 g/mol. The summed E-state index contributed by atoms with van der Waals surface area (Å²) in [4.78, 5) is 48.7. The standard InChI is InChI=1S/C14H11BN2O4/c15-6-7-1-2-8-9(5-7)14(21)17(13(8)20)10-3-4-11(18)16-12(10)19/h1-2,5,10H,3-4,6H2,(H,16,18,19). The third-order valence-electron chi connectivity index (χ3n) is 3.74. The van der Waals surface area contributed by atoms with E-state index in [-0.39, 0.29) is 30.3 Å². The number of rotatable bonds is 2. The highest BCUT2D eigenvalue weighted by Crippen LogP contribution is 2.28. The van der Waals surface area contributed by atoms with Crippen molar-refractivity contribution in [2.24, 2.45) is 0 Å². The molecule has 1 N–H and O–H groups in total. The van der Waals surface area contributed by atoms with Gasteiger partial charge < -0.3 is 0 Å². The number of carbonyl (C=O) groups is 4. The minimum atomic E-state index is -0.934. The van der Waals surface area contributed by atoms with E-state index in [1.165, 1.54) is 0 Å². The summed E-state index contributed by atoms with van der Waals surface area (Å²) in [6, 6.07) is 3.86. The smallest absolute Gasteiger partial charge is 0.262 e. The van der Waals surface area contributed by atoms with Crippen molar-refractivity contribution >= 4 is 31.5 Å². The maximum Gasteiger partial charge on any atom is 0.262 e. The lowest BCUT2D eigenvalue weighted by molar-refractivity contribution is -0.136. The van der Waals surface area contributed by atoms with Gasteiger partial charge in [0.2, 0.25) is 11.8 Å². The van der Waals surface area contributed by atoms with Gasteiger partial charge in [0.05, 0.1) is 19.0 Å². The Morgan fingerprint density at radius 2 is 1.86 bits per heavy atom. The van der Waals surface area contributed by atoms with Crippen LogP contribution in [0.1, 0.15) is 39.1 Å². The average Bonchev–Trinajstić information content (AvgIpc) is 2.71. The van der Waals surface area contributed by atoms with Gasteiger partial charge in [-0.05, 0) is 18.6 Å². The van der Waals surface area contributed by atoms with Crippen molar-refractivity contribution in [1.82, 2.24) is 10.2 Å². The summed E-state index contributed by atoms with van der Waals surface area (Å²) in [5, 5.41) is 2.15. The predicted molar refractivity (Wildman–Crippen MR) is 72.6 cm³/mol. The zero-order valence-electron chi connectivity index (χ0n) is 11.1. The fourth-order valence-corrected chi connectivity index (χ4v) is 2.65. The lowest BCUT2D eigenvalue weighted by Gasteiger charge is -2.27. The highest BCUT2D eigenvalue weighted by atomic mass is 16.2. The van der Waals surface area contributed by atoms with Gasteiger partial charge in [-0.1, -0.05) is 17.9 Å². The number of fused-ring (bicyclic) bond motifs is 1. The van der Waals surface area contributed by atoms with Crippen LogP contribution < -0.4 is 5.32 Å². The van der Waals surface area contributed by atoms with E-state index in [1.807, 2.05) is 0 Å². The number of carbonyl (C=O) groups excluding carboxylic acids is 4. The predicted octanol–water partition coefficient (Wildman–Crippen LogP) is -0.244. The lowest BCUT2D eigenvalue weighted by atomic mass is 9.94. The van der Waals surface area contributed by atoms with E-state index in [2.05, 4.69) is 5.32 Å². The molecule has 2 heterocycles.